The second-order valence-electron chi connectivity index (χ2n) is 5.83. The van der Waals surface area contributed by atoms with Crippen LogP contribution in [0.2, 0.25) is 0 Å². The van der Waals surface area contributed by atoms with Crippen molar-refractivity contribution in [1.29, 1.82) is 0 Å². The van der Waals surface area contributed by atoms with Crippen LogP contribution in [0.5, 0.6) is 0 Å². The molecule has 0 radical (unpaired) electrons. The van der Waals surface area contributed by atoms with Crippen LogP contribution in [-0.4, -0.2) is 23.6 Å². The van der Waals surface area contributed by atoms with Crippen molar-refractivity contribution in [3.05, 3.63) is 43.9 Å². The van der Waals surface area contributed by atoms with Gasteiger partial charge in [-0.2, -0.15) is 0 Å². The molecule has 1 fully saturated rings. The third kappa shape index (κ3) is 3.18. The number of ether oxygens (including phenoxy) is 2. The Bertz CT molecular complexity index is 948. The van der Waals surface area contributed by atoms with Crippen molar-refractivity contribution in [2.75, 3.05) is 7.11 Å². The van der Waals surface area contributed by atoms with Gasteiger partial charge in [0.15, 0.2) is 0 Å². The molecule has 0 bridgehead atoms. The van der Waals surface area contributed by atoms with Crippen LogP contribution in [0.1, 0.15) is 41.7 Å². The molecule has 6 nitrogen and oxygen atoms in total. The van der Waals surface area contributed by atoms with E-state index in [2.05, 4.69) is 20.7 Å². The first-order chi connectivity index (χ1) is 11.8. The largest absolute Gasteiger partial charge is 0.465 e. The zero-order valence-electron chi connectivity index (χ0n) is 13.6. The van der Waals surface area contributed by atoms with Crippen LogP contribution < -0.4 is 5.43 Å². The van der Waals surface area contributed by atoms with Gasteiger partial charge in [0.1, 0.15) is 18.0 Å². The van der Waals surface area contributed by atoms with Crippen LogP contribution in [0.3, 0.4) is 0 Å². The third-order valence-corrected chi connectivity index (χ3v) is 4.66. The molecule has 1 aliphatic carbocycles. The van der Waals surface area contributed by atoms with E-state index in [1.54, 1.807) is 4.57 Å². The fourth-order valence-electron chi connectivity index (χ4n) is 2.74. The van der Waals surface area contributed by atoms with E-state index in [1.165, 1.54) is 26.3 Å². The first kappa shape index (κ1) is 17.6. The standard InChI is InChI=1S/C17H15BrFNO5/c1-8(21)25-7-11-14-13(5-12(18)15(11)19)20(9-3-4-9)6-10(16(14)22)17(23)24-2/h5-6,9H,3-4,7H2,1-2H3. The Morgan fingerprint density at radius 2 is 2.08 bits per heavy atom. The van der Waals surface area contributed by atoms with Crippen LogP contribution in [-0.2, 0) is 20.9 Å². The summed E-state index contributed by atoms with van der Waals surface area (Å²) in [5.41, 5.74) is -0.402. The van der Waals surface area contributed by atoms with Crippen LogP contribution in [0, 0.1) is 5.82 Å². The molecule has 0 unspecified atom stereocenters. The van der Waals surface area contributed by atoms with Gasteiger partial charge < -0.3 is 14.0 Å². The molecule has 1 saturated carbocycles. The maximum atomic E-state index is 14.6. The fraction of sp³-hybridized carbons (Fsp3) is 0.353. The molecule has 1 aromatic heterocycles. The second-order valence-corrected chi connectivity index (χ2v) is 6.68. The number of methoxy groups -OCH3 is 1. The van der Waals surface area contributed by atoms with E-state index in [0.29, 0.717) is 5.52 Å². The van der Waals surface area contributed by atoms with Crippen molar-refractivity contribution < 1.29 is 23.5 Å². The number of pyridine rings is 1. The summed E-state index contributed by atoms with van der Waals surface area (Å²) in [5, 5.41) is 0.0248. The highest BCUT2D eigenvalue weighted by Gasteiger charge is 2.29. The summed E-state index contributed by atoms with van der Waals surface area (Å²) in [6.07, 6.45) is 3.24. The average molecular weight is 412 g/mol. The Morgan fingerprint density at radius 1 is 1.40 bits per heavy atom. The number of hydrogen-bond acceptors (Lipinski definition) is 5. The van der Waals surface area contributed by atoms with Crippen molar-refractivity contribution in [1.82, 2.24) is 4.57 Å². The maximum absolute atomic E-state index is 14.6. The van der Waals surface area contributed by atoms with Crippen molar-refractivity contribution >= 4 is 38.8 Å². The first-order valence-electron chi connectivity index (χ1n) is 7.62. The van der Waals surface area contributed by atoms with E-state index in [9.17, 15) is 18.8 Å². The average Bonchev–Trinajstić information content (AvgIpc) is 3.40. The number of benzene rings is 1. The number of esters is 2. The topological polar surface area (TPSA) is 74.6 Å². The molecule has 8 heteroatoms. The van der Waals surface area contributed by atoms with Gasteiger partial charge in [0.2, 0.25) is 5.43 Å². The molecule has 0 amide bonds. The minimum atomic E-state index is -0.789. The molecule has 0 saturated heterocycles. The lowest BCUT2D eigenvalue weighted by molar-refractivity contribution is -0.142. The molecule has 132 valence electrons. The van der Waals surface area contributed by atoms with E-state index in [0.717, 1.165) is 12.8 Å². The number of carbonyl (C=O) groups excluding carboxylic acids is 2. The Hall–Kier alpha value is -2.22. The third-order valence-electron chi connectivity index (χ3n) is 4.08. The summed E-state index contributed by atoms with van der Waals surface area (Å²) < 4.78 is 26.1. The molecule has 0 N–H and O–H groups in total. The molecule has 3 rings (SSSR count). The highest BCUT2D eigenvalue weighted by molar-refractivity contribution is 9.10. The predicted octanol–water partition coefficient (Wildman–Crippen LogP) is 3.09. The Labute approximate surface area is 150 Å². The van der Waals surface area contributed by atoms with E-state index in [-0.39, 0.29) is 27.0 Å². The van der Waals surface area contributed by atoms with Gasteiger partial charge in [0, 0.05) is 24.7 Å². The Balaban J connectivity index is 2.37. The molecular weight excluding hydrogens is 397 g/mol. The minimum Gasteiger partial charge on any atom is -0.465 e. The number of rotatable bonds is 4. The normalized spacial score (nSPS) is 13.8. The quantitative estimate of drug-likeness (QED) is 0.722. The molecular formula is C17H15BrFNO5. The molecule has 0 aliphatic heterocycles. The molecule has 25 heavy (non-hydrogen) atoms. The van der Waals surface area contributed by atoms with E-state index < -0.39 is 29.8 Å². The molecule has 2 aromatic rings. The maximum Gasteiger partial charge on any atom is 0.343 e. The summed E-state index contributed by atoms with van der Waals surface area (Å²) in [6.45, 7) is 0.794. The Kier molecular flexibility index (Phi) is 4.64. The lowest BCUT2D eigenvalue weighted by atomic mass is 10.0. The lowest BCUT2D eigenvalue weighted by Crippen LogP contribution is -2.22. The van der Waals surface area contributed by atoms with Gasteiger partial charge in [0.25, 0.3) is 0 Å². The minimum absolute atomic E-state index is 0.0248. The van der Waals surface area contributed by atoms with Gasteiger partial charge >= 0.3 is 11.9 Å². The molecule has 1 heterocycles. The van der Waals surface area contributed by atoms with Gasteiger partial charge in [-0.05, 0) is 34.8 Å². The van der Waals surface area contributed by atoms with Crippen molar-refractivity contribution in [2.24, 2.45) is 0 Å². The summed E-state index contributed by atoms with van der Waals surface area (Å²) >= 11 is 3.14. The number of hydrogen-bond donors (Lipinski definition) is 0. The summed E-state index contributed by atoms with van der Waals surface area (Å²) in [4.78, 5) is 35.9. The monoisotopic (exact) mass is 411 g/mol. The van der Waals surface area contributed by atoms with Crippen LogP contribution >= 0.6 is 15.9 Å². The van der Waals surface area contributed by atoms with Gasteiger partial charge in [-0.15, -0.1) is 0 Å². The number of carbonyl (C=O) groups is 2. The van der Waals surface area contributed by atoms with Gasteiger partial charge in [-0.1, -0.05) is 0 Å². The molecule has 1 aliphatic rings. The molecule has 1 aromatic carbocycles. The first-order valence-corrected chi connectivity index (χ1v) is 8.41. The van der Waals surface area contributed by atoms with Gasteiger partial charge in [-0.3, -0.25) is 9.59 Å². The summed E-state index contributed by atoms with van der Waals surface area (Å²) in [7, 11) is 1.18. The predicted molar refractivity (Wildman–Crippen MR) is 90.9 cm³/mol. The zero-order chi connectivity index (χ0) is 18.3. The second kappa shape index (κ2) is 6.59. The van der Waals surface area contributed by atoms with E-state index in [4.69, 9.17) is 4.74 Å². The highest BCUT2D eigenvalue weighted by atomic mass is 79.9. The number of nitrogens with zero attached hydrogens (tertiary/aromatic N) is 1. The van der Waals surface area contributed by atoms with Crippen molar-refractivity contribution in [3.63, 3.8) is 0 Å². The van der Waals surface area contributed by atoms with Crippen molar-refractivity contribution in [2.45, 2.75) is 32.4 Å². The van der Waals surface area contributed by atoms with Gasteiger partial charge in [-0.25, -0.2) is 9.18 Å². The number of aromatic nitrogens is 1. The van der Waals surface area contributed by atoms with E-state index in [1.807, 2.05) is 0 Å². The van der Waals surface area contributed by atoms with Crippen LogP contribution in [0.15, 0.2) is 21.5 Å². The smallest absolute Gasteiger partial charge is 0.343 e. The molecule has 0 atom stereocenters. The summed E-state index contributed by atoms with van der Waals surface area (Å²) in [5.74, 6) is -2.09. The van der Waals surface area contributed by atoms with Crippen LogP contribution in [0.4, 0.5) is 4.39 Å². The number of halogens is 2. The van der Waals surface area contributed by atoms with Crippen LogP contribution in [0.25, 0.3) is 10.9 Å². The van der Waals surface area contributed by atoms with E-state index >= 15 is 0 Å². The summed E-state index contributed by atoms with van der Waals surface area (Å²) in [6, 6.07) is 1.63. The zero-order valence-corrected chi connectivity index (χ0v) is 15.2. The fourth-order valence-corrected chi connectivity index (χ4v) is 3.20. The number of fused-ring (bicyclic) bond motifs is 1. The van der Waals surface area contributed by atoms with Gasteiger partial charge in [0.05, 0.1) is 22.5 Å². The molecule has 0 spiro atoms. The SMILES string of the molecule is COC(=O)c1cn(C2CC2)c2cc(Br)c(F)c(COC(C)=O)c2c1=O. The highest BCUT2D eigenvalue weighted by Crippen LogP contribution is 2.38. The Morgan fingerprint density at radius 3 is 2.64 bits per heavy atom. The lowest BCUT2D eigenvalue weighted by Gasteiger charge is -2.16. The van der Waals surface area contributed by atoms with Crippen molar-refractivity contribution in [3.8, 4) is 0 Å².